The molecule has 3 rings (SSSR count). The first-order chi connectivity index (χ1) is 14.9. The van der Waals surface area contributed by atoms with Crippen molar-refractivity contribution in [2.24, 2.45) is 4.99 Å². The van der Waals surface area contributed by atoms with Crippen LogP contribution in [0.2, 0.25) is 0 Å². The van der Waals surface area contributed by atoms with Crippen molar-refractivity contribution in [2.45, 2.75) is 48.5 Å². The first-order valence-electron chi connectivity index (χ1n) is 9.98. The summed E-state index contributed by atoms with van der Waals surface area (Å²) in [5, 5.41) is 10.0. The summed E-state index contributed by atoms with van der Waals surface area (Å²) < 4.78 is 44.6. The topological polar surface area (TPSA) is 45.4 Å². The molecule has 2 aromatic rings. The zero-order valence-corrected chi connectivity index (χ0v) is 18.9. The quantitative estimate of drug-likeness (QED) is 0.403. The molecule has 0 amide bonds. The van der Waals surface area contributed by atoms with Gasteiger partial charge in [-0.15, -0.1) is 11.8 Å². The van der Waals surface area contributed by atoms with Gasteiger partial charge >= 0.3 is 6.18 Å². The van der Waals surface area contributed by atoms with Gasteiger partial charge < -0.3 is 4.74 Å². The van der Waals surface area contributed by atoms with Crippen LogP contribution >= 0.6 is 23.5 Å². The van der Waals surface area contributed by atoms with E-state index in [2.05, 4.69) is 13.0 Å². The zero-order chi connectivity index (χ0) is 22.4. The summed E-state index contributed by atoms with van der Waals surface area (Å²) in [6.07, 6.45) is 0.550. The van der Waals surface area contributed by atoms with Gasteiger partial charge in [-0.2, -0.15) is 18.4 Å². The fourth-order valence-corrected chi connectivity index (χ4v) is 5.08. The summed E-state index contributed by atoms with van der Waals surface area (Å²) in [6, 6.07) is 12.8. The van der Waals surface area contributed by atoms with E-state index in [-0.39, 0.29) is 11.3 Å². The Morgan fingerprint density at radius 1 is 1.19 bits per heavy atom. The molecule has 0 N–H and O–H groups in total. The first-order valence-corrected chi connectivity index (χ1v) is 12.1. The van der Waals surface area contributed by atoms with Crippen LogP contribution in [0.3, 0.4) is 0 Å². The van der Waals surface area contributed by atoms with Gasteiger partial charge in [0.05, 0.1) is 27.5 Å². The van der Waals surface area contributed by atoms with E-state index < -0.39 is 11.7 Å². The maximum absolute atomic E-state index is 12.9. The Morgan fingerprint density at radius 2 is 1.94 bits per heavy atom. The number of thioether (sulfide) groups is 2. The number of ether oxygens (including phenoxy) is 1. The van der Waals surface area contributed by atoms with Crippen molar-refractivity contribution in [1.29, 1.82) is 5.26 Å². The van der Waals surface area contributed by atoms with Crippen LogP contribution in [0.25, 0.3) is 0 Å². The molecule has 2 atom stereocenters. The van der Waals surface area contributed by atoms with E-state index in [1.807, 2.05) is 12.3 Å². The van der Waals surface area contributed by atoms with Crippen molar-refractivity contribution in [3.05, 3.63) is 59.2 Å². The van der Waals surface area contributed by atoms with Gasteiger partial charge in [0.15, 0.2) is 0 Å². The predicted molar refractivity (Wildman–Crippen MR) is 121 cm³/mol. The van der Waals surface area contributed by atoms with Crippen molar-refractivity contribution in [3.8, 4) is 11.8 Å². The second-order valence-corrected chi connectivity index (χ2v) is 9.24. The maximum Gasteiger partial charge on any atom is 0.416 e. The van der Waals surface area contributed by atoms with Gasteiger partial charge in [0.2, 0.25) is 0 Å². The third-order valence-corrected chi connectivity index (χ3v) is 7.09. The Hall–Kier alpha value is -2.11. The van der Waals surface area contributed by atoms with E-state index in [0.29, 0.717) is 23.5 Å². The standard InChI is InChI=1S/C23H23F3N2OS2/c1-3-4-5-19-21(14-29-18-11-8-16(13-27)20(12-18)30-2)31-22(28-19)15-6-9-17(10-7-15)23(24,25)26/h6-12,19,21H,3-5,14H2,1-2H3. The third-order valence-electron chi connectivity index (χ3n) is 5.00. The average molecular weight is 465 g/mol. The highest BCUT2D eigenvalue weighted by molar-refractivity contribution is 8.15. The highest BCUT2D eigenvalue weighted by Gasteiger charge is 2.33. The van der Waals surface area contributed by atoms with Crippen LogP contribution in [0.5, 0.6) is 5.75 Å². The molecule has 1 aliphatic rings. The van der Waals surface area contributed by atoms with Gasteiger partial charge in [-0.3, -0.25) is 4.99 Å². The molecule has 0 spiro atoms. The second-order valence-electron chi connectivity index (χ2n) is 7.16. The van der Waals surface area contributed by atoms with E-state index in [4.69, 9.17) is 9.73 Å². The zero-order valence-electron chi connectivity index (χ0n) is 17.3. The van der Waals surface area contributed by atoms with E-state index in [0.717, 1.165) is 41.3 Å². The molecule has 2 aromatic carbocycles. The number of hydrogen-bond donors (Lipinski definition) is 0. The predicted octanol–water partition coefficient (Wildman–Crippen LogP) is 6.80. The van der Waals surface area contributed by atoms with Crippen molar-refractivity contribution >= 4 is 28.6 Å². The molecule has 0 bridgehead atoms. The highest BCUT2D eigenvalue weighted by atomic mass is 32.2. The van der Waals surface area contributed by atoms with Crippen molar-refractivity contribution in [2.75, 3.05) is 12.9 Å². The molecule has 164 valence electrons. The van der Waals surface area contributed by atoms with Gasteiger partial charge in [0.1, 0.15) is 18.4 Å². The van der Waals surface area contributed by atoms with Crippen LogP contribution in [-0.2, 0) is 6.18 Å². The smallest absolute Gasteiger partial charge is 0.416 e. The molecule has 2 unspecified atom stereocenters. The summed E-state index contributed by atoms with van der Waals surface area (Å²) >= 11 is 3.05. The minimum Gasteiger partial charge on any atom is -0.492 e. The molecule has 0 fully saturated rings. The molecule has 0 aromatic heterocycles. The number of alkyl halides is 3. The molecule has 1 heterocycles. The van der Waals surface area contributed by atoms with E-state index in [9.17, 15) is 18.4 Å². The number of nitrogens with zero attached hydrogens (tertiary/aromatic N) is 2. The highest BCUT2D eigenvalue weighted by Crippen LogP contribution is 2.35. The maximum atomic E-state index is 12.9. The normalized spacial score (nSPS) is 18.5. The molecular formula is C23H23F3N2OS2. The van der Waals surface area contributed by atoms with Crippen LogP contribution in [0.4, 0.5) is 13.2 Å². The molecule has 3 nitrogen and oxygen atoms in total. The van der Waals surface area contributed by atoms with Crippen LogP contribution in [0.15, 0.2) is 52.4 Å². The van der Waals surface area contributed by atoms with Crippen LogP contribution < -0.4 is 4.74 Å². The average Bonchev–Trinajstić information content (AvgIpc) is 3.18. The van der Waals surface area contributed by atoms with Gasteiger partial charge in [0, 0.05) is 10.5 Å². The summed E-state index contributed by atoms with van der Waals surface area (Å²) in [5.41, 5.74) is 0.654. The molecule has 31 heavy (non-hydrogen) atoms. The van der Waals surface area contributed by atoms with Gasteiger partial charge in [-0.05, 0) is 43.0 Å². The lowest BCUT2D eigenvalue weighted by Gasteiger charge is -2.18. The number of hydrogen-bond acceptors (Lipinski definition) is 5. The fraction of sp³-hybridized carbons (Fsp3) is 0.391. The number of nitriles is 1. The van der Waals surface area contributed by atoms with Crippen molar-refractivity contribution in [1.82, 2.24) is 0 Å². The van der Waals surface area contributed by atoms with Crippen LogP contribution in [-0.4, -0.2) is 29.2 Å². The summed E-state index contributed by atoms with van der Waals surface area (Å²) in [7, 11) is 0. The van der Waals surface area contributed by atoms with E-state index >= 15 is 0 Å². The Labute approximate surface area is 189 Å². The van der Waals surface area contributed by atoms with Gasteiger partial charge in [-0.25, -0.2) is 0 Å². The Balaban J connectivity index is 1.71. The lowest BCUT2D eigenvalue weighted by Crippen LogP contribution is -2.24. The Kier molecular flexibility index (Phi) is 7.95. The molecule has 8 heteroatoms. The third kappa shape index (κ3) is 5.98. The molecular weight excluding hydrogens is 441 g/mol. The van der Waals surface area contributed by atoms with Gasteiger partial charge in [-0.1, -0.05) is 43.7 Å². The largest absolute Gasteiger partial charge is 0.492 e. The Bertz CT molecular complexity index is 968. The second kappa shape index (κ2) is 10.5. The first kappa shape index (κ1) is 23.6. The van der Waals surface area contributed by atoms with Crippen molar-refractivity contribution < 1.29 is 17.9 Å². The summed E-state index contributed by atoms with van der Waals surface area (Å²) in [6.45, 7) is 2.56. The molecule has 0 aliphatic carbocycles. The summed E-state index contributed by atoms with van der Waals surface area (Å²) in [4.78, 5) is 5.68. The molecule has 0 radical (unpaired) electrons. The molecule has 1 aliphatic heterocycles. The fourth-order valence-electron chi connectivity index (χ4n) is 3.27. The molecule has 0 saturated heterocycles. The number of aliphatic imine (C=N–C) groups is 1. The minimum atomic E-state index is -4.35. The van der Waals surface area contributed by atoms with Crippen LogP contribution in [0.1, 0.15) is 42.9 Å². The Morgan fingerprint density at radius 3 is 2.55 bits per heavy atom. The molecule has 0 saturated carbocycles. The van der Waals surface area contributed by atoms with E-state index in [1.165, 1.54) is 23.9 Å². The number of halogens is 3. The number of unbranched alkanes of at least 4 members (excludes halogenated alkanes) is 1. The summed E-state index contributed by atoms with van der Waals surface area (Å²) in [5.74, 6) is 0.696. The number of rotatable bonds is 8. The van der Waals surface area contributed by atoms with E-state index in [1.54, 1.807) is 23.9 Å². The SMILES string of the molecule is CCCCC1N=C(c2ccc(C(F)(F)F)cc2)SC1COc1ccc(C#N)c(SC)c1. The van der Waals surface area contributed by atoms with Crippen LogP contribution in [0, 0.1) is 11.3 Å². The monoisotopic (exact) mass is 464 g/mol. The minimum absolute atomic E-state index is 0.0562. The lowest BCUT2D eigenvalue weighted by molar-refractivity contribution is -0.137. The number of benzene rings is 2. The van der Waals surface area contributed by atoms with Gasteiger partial charge in [0.25, 0.3) is 0 Å². The lowest BCUT2D eigenvalue weighted by atomic mass is 10.1. The van der Waals surface area contributed by atoms with Crippen molar-refractivity contribution in [3.63, 3.8) is 0 Å².